The number of nitro benzene ring substituents is 1. The number of benzene rings is 4. The van der Waals surface area contributed by atoms with Gasteiger partial charge < -0.3 is 13.7 Å². The third-order valence-electron chi connectivity index (χ3n) is 5.57. The zero-order valence-corrected chi connectivity index (χ0v) is 23.7. The SMILES string of the molecule is COc1ccc([N+](=O)[O-])c(C=O)c1OS(=O)(=O)c1ccccc1.COc1cccc(C=O)c1S(=O)(=O)c1ccccc1. The van der Waals surface area contributed by atoms with Crippen molar-refractivity contribution in [1.29, 1.82) is 0 Å². The molecule has 218 valence electrons. The van der Waals surface area contributed by atoms with Gasteiger partial charge in [0.2, 0.25) is 15.6 Å². The number of nitro groups is 1. The second-order valence-electron chi connectivity index (χ2n) is 8.07. The van der Waals surface area contributed by atoms with Gasteiger partial charge in [-0.15, -0.1) is 0 Å². The molecule has 0 N–H and O–H groups in total. The Labute approximate surface area is 241 Å². The first kappa shape index (κ1) is 31.4. The number of carbonyl (C=O) groups excluding carboxylic acids is 2. The first-order chi connectivity index (χ1) is 20.0. The third kappa shape index (κ3) is 6.79. The molecule has 4 aromatic rings. The fraction of sp³-hybridized carbons (Fsp3) is 0.0714. The quantitative estimate of drug-likeness (QED) is 0.106. The Morgan fingerprint density at radius 2 is 1.26 bits per heavy atom. The average molecular weight is 614 g/mol. The molecule has 0 amide bonds. The van der Waals surface area contributed by atoms with Crippen LogP contribution in [0.5, 0.6) is 17.2 Å². The van der Waals surface area contributed by atoms with Crippen molar-refractivity contribution in [1.82, 2.24) is 0 Å². The van der Waals surface area contributed by atoms with Crippen LogP contribution in [0.3, 0.4) is 0 Å². The minimum atomic E-state index is -4.28. The number of sulfone groups is 1. The molecule has 0 saturated heterocycles. The molecule has 0 spiro atoms. The Bertz CT molecular complexity index is 1810. The van der Waals surface area contributed by atoms with E-state index in [4.69, 9.17) is 13.7 Å². The van der Waals surface area contributed by atoms with Crippen molar-refractivity contribution in [2.24, 2.45) is 0 Å². The lowest BCUT2D eigenvalue weighted by Crippen LogP contribution is -2.12. The molecule has 12 nitrogen and oxygen atoms in total. The maximum Gasteiger partial charge on any atom is 0.339 e. The lowest BCUT2D eigenvalue weighted by atomic mass is 10.1. The Kier molecular flexibility index (Phi) is 10.1. The number of methoxy groups -OCH3 is 2. The molecule has 42 heavy (non-hydrogen) atoms. The van der Waals surface area contributed by atoms with Crippen molar-refractivity contribution in [2.45, 2.75) is 14.7 Å². The van der Waals surface area contributed by atoms with Crippen LogP contribution in [0.15, 0.2) is 106 Å². The zero-order chi connectivity index (χ0) is 30.9. The first-order valence-corrected chi connectivity index (χ1v) is 14.6. The Morgan fingerprint density at radius 1 is 0.690 bits per heavy atom. The van der Waals surface area contributed by atoms with Crippen LogP contribution in [0, 0.1) is 10.1 Å². The molecule has 0 bridgehead atoms. The van der Waals surface area contributed by atoms with Crippen LogP contribution in [-0.2, 0) is 20.0 Å². The number of aldehydes is 2. The highest BCUT2D eigenvalue weighted by atomic mass is 32.2. The molecule has 0 heterocycles. The molecule has 0 saturated carbocycles. The van der Waals surface area contributed by atoms with Gasteiger partial charge in [-0.3, -0.25) is 19.7 Å². The summed E-state index contributed by atoms with van der Waals surface area (Å²) in [6.07, 6.45) is 0.662. The molecule has 0 aliphatic carbocycles. The van der Waals surface area contributed by atoms with E-state index in [9.17, 15) is 36.5 Å². The van der Waals surface area contributed by atoms with Gasteiger partial charge in [-0.05, 0) is 36.4 Å². The standard InChI is InChI=1S/C14H11NO7S.C14H12O4S/c1-21-13-8-7-12(15(17)18)11(9-16)14(13)22-23(19,20)10-5-3-2-4-6-10;1-18-13-9-5-6-11(10-15)14(13)19(16,17)12-7-3-2-4-8-12/h2-9H,1H3;2-10H,1H3. The van der Waals surface area contributed by atoms with E-state index in [2.05, 4.69) is 0 Å². The van der Waals surface area contributed by atoms with Gasteiger partial charge in [0.25, 0.3) is 5.69 Å². The van der Waals surface area contributed by atoms with Gasteiger partial charge in [0.05, 0.1) is 24.0 Å². The second kappa shape index (κ2) is 13.5. The van der Waals surface area contributed by atoms with Gasteiger partial charge in [-0.25, -0.2) is 8.42 Å². The Morgan fingerprint density at radius 3 is 1.76 bits per heavy atom. The summed E-state index contributed by atoms with van der Waals surface area (Å²) in [5.41, 5.74) is -1.02. The number of nitrogens with zero attached hydrogens (tertiary/aromatic N) is 1. The van der Waals surface area contributed by atoms with Crippen LogP contribution in [0.4, 0.5) is 5.69 Å². The topological polar surface area (TPSA) is 173 Å². The number of rotatable bonds is 10. The highest BCUT2D eigenvalue weighted by Gasteiger charge is 2.28. The average Bonchev–Trinajstić information content (AvgIpc) is 3.01. The second-order valence-corrected chi connectivity index (χ2v) is 11.5. The van der Waals surface area contributed by atoms with E-state index in [0.717, 1.165) is 12.1 Å². The van der Waals surface area contributed by atoms with Crippen LogP contribution in [0.1, 0.15) is 20.7 Å². The molecular weight excluding hydrogens is 590 g/mol. The summed E-state index contributed by atoms with van der Waals surface area (Å²) in [6, 6.07) is 21.8. The number of carbonyl (C=O) groups is 2. The summed E-state index contributed by atoms with van der Waals surface area (Å²) < 4.78 is 64.5. The molecule has 0 unspecified atom stereocenters. The van der Waals surface area contributed by atoms with E-state index < -0.39 is 41.9 Å². The van der Waals surface area contributed by atoms with E-state index in [1.807, 2.05) is 0 Å². The summed E-state index contributed by atoms with van der Waals surface area (Å²) in [5.74, 6) is -0.480. The zero-order valence-electron chi connectivity index (χ0n) is 22.1. The smallest absolute Gasteiger partial charge is 0.339 e. The molecule has 0 aromatic heterocycles. The third-order valence-corrected chi connectivity index (χ3v) is 8.68. The highest BCUT2D eigenvalue weighted by molar-refractivity contribution is 7.91. The molecular formula is C28H23NO11S2. The minimum absolute atomic E-state index is 0.0863. The van der Waals surface area contributed by atoms with E-state index in [1.165, 1.54) is 62.8 Å². The van der Waals surface area contributed by atoms with E-state index in [-0.39, 0.29) is 38.0 Å². The number of hydrogen-bond donors (Lipinski definition) is 0. The fourth-order valence-electron chi connectivity index (χ4n) is 3.63. The van der Waals surface area contributed by atoms with Gasteiger partial charge in [0.1, 0.15) is 21.1 Å². The van der Waals surface area contributed by atoms with E-state index >= 15 is 0 Å². The molecule has 4 aromatic carbocycles. The minimum Gasteiger partial charge on any atom is -0.495 e. The molecule has 0 radical (unpaired) electrons. The van der Waals surface area contributed by atoms with Crippen molar-refractivity contribution in [2.75, 3.05) is 14.2 Å². The Hall–Kier alpha value is -5.08. The van der Waals surface area contributed by atoms with Crippen LogP contribution in [0.25, 0.3) is 0 Å². The molecule has 0 fully saturated rings. The van der Waals surface area contributed by atoms with Crippen molar-refractivity contribution < 1.29 is 45.0 Å². The summed E-state index contributed by atoms with van der Waals surface area (Å²) in [4.78, 5) is 32.3. The van der Waals surface area contributed by atoms with Crippen LogP contribution in [-0.4, -0.2) is 48.6 Å². The Balaban J connectivity index is 0.000000235. The summed E-state index contributed by atoms with van der Waals surface area (Å²) in [5, 5.41) is 11.0. The molecule has 0 atom stereocenters. The molecule has 0 aliphatic heterocycles. The monoisotopic (exact) mass is 613 g/mol. The maximum absolute atomic E-state index is 12.6. The van der Waals surface area contributed by atoms with Crippen LogP contribution >= 0.6 is 0 Å². The summed E-state index contributed by atoms with van der Waals surface area (Å²) in [7, 11) is -5.47. The first-order valence-electron chi connectivity index (χ1n) is 11.7. The van der Waals surface area contributed by atoms with E-state index in [0.29, 0.717) is 6.29 Å². The van der Waals surface area contributed by atoms with Crippen LogP contribution < -0.4 is 13.7 Å². The fourth-order valence-corrected chi connectivity index (χ4v) is 6.20. The van der Waals surface area contributed by atoms with Gasteiger partial charge in [0, 0.05) is 11.6 Å². The lowest BCUT2D eigenvalue weighted by molar-refractivity contribution is -0.385. The summed E-state index contributed by atoms with van der Waals surface area (Å²) in [6.45, 7) is 0. The predicted octanol–water partition coefficient (Wildman–Crippen LogP) is 4.52. The van der Waals surface area contributed by atoms with E-state index in [1.54, 1.807) is 30.3 Å². The largest absolute Gasteiger partial charge is 0.495 e. The van der Waals surface area contributed by atoms with Crippen molar-refractivity contribution >= 4 is 38.2 Å². The van der Waals surface area contributed by atoms with Gasteiger partial charge in [0.15, 0.2) is 18.3 Å². The molecule has 14 heteroatoms. The number of ether oxygens (including phenoxy) is 2. The normalized spacial score (nSPS) is 10.9. The molecule has 4 rings (SSSR count). The van der Waals surface area contributed by atoms with Gasteiger partial charge >= 0.3 is 10.1 Å². The summed E-state index contributed by atoms with van der Waals surface area (Å²) >= 11 is 0. The lowest BCUT2D eigenvalue weighted by Gasteiger charge is -2.12. The predicted molar refractivity (Wildman–Crippen MR) is 150 cm³/mol. The van der Waals surface area contributed by atoms with Crippen molar-refractivity contribution in [3.63, 3.8) is 0 Å². The van der Waals surface area contributed by atoms with Gasteiger partial charge in [-0.1, -0.05) is 48.5 Å². The van der Waals surface area contributed by atoms with Crippen molar-refractivity contribution in [3.8, 4) is 17.2 Å². The maximum atomic E-state index is 12.6. The highest BCUT2D eigenvalue weighted by Crippen LogP contribution is 2.38. The van der Waals surface area contributed by atoms with Gasteiger partial charge in [-0.2, -0.15) is 8.42 Å². The van der Waals surface area contributed by atoms with Crippen molar-refractivity contribution in [3.05, 3.63) is 112 Å². The van der Waals surface area contributed by atoms with Crippen LogP contribution in [0.2, 0.25) is 0 Å². The molecule has 0 aliphatic rings. The number of hydrogen-bond acceptors (Lipinski definition) is 11.